The van der Waals surface area contributed by atoms with Crippen molar-refractivity contribution in [3.8, 4) is 0 Å². The maximum atomic E-state index is 12.7. The number of rotatable bonds is 7. The summed E-state index contributed by atoms with van der Waals surface area (Å²) in [7, 11) is 0. The van der Waals surface area contributed by atoms with Crippen LogP contribution in [0.4, 0.5) is 36.3 Å². The van der Waals surface area contributed by atoms with Crippen LogP contribution in [0.5, 0.6) is 0 Å². The van der Waals surface area contributed by atoms with Gasteiger partial charge in [-0.2, -0.15) is 13.2 Å². The Morgan fingerprint density at radius 1 is 1.14 bits per heavy atom. The van der Waals surface area contributed by atoms with E-state index in [2.05, 4.69) is 30.6 Å². The van der Waals surface area contributed by atoms with Crippen LogP contribution in [-0.2, 0) is 12.7 Å². The van der Waals surface area contributed by atoms with Crippen LogP contribution in [0.2, 0.25) is 5.02 Å². The van der Waals surface area contributed by atoms with E-state index in [0.717, 1.165) is 19.0 Å². The summed E-state index contributed by atoms with van der Waals surface area (Å²) in [4.78, 5) is 15.7. The lowest BCUT2D eigenvalue weighted by atomic mass is 10.2. The van der Waals surface area contributed by atoms with Crippen LogP contribution in [0.25, 0.3) is 0 Å². The largest absolute Gasteiger partial charge is 0.417 e. The Labute approximate surface area is 163 Å². The number of nitrogens with two attached hydrogens (primary N) is 1. The average Bonchev–Trinajstić information content (AvgIpc) is 3.15. The molecular formula is C16H16ClF3N8. The summed E-state index contributed by atoms with van der Waals surface area (Å²) in [5, 5.41) is 5.62. The van der Waals surface area contributed by atoms with Crippen molar-refractivity contribution in [3.63, 3.8) is 0 Å². The standard InChI is InChI=1S/C16H16ClF3N8/c17-11-6-10(16(18,19)20)7-24-13(11)27-15-12(21)14(25-8-26-15)23-2-1-4-28-5-3-22-9-28/h3,5-9H,1-2,4,21H2,(H2,23,24,25,26,27). The lowest BCUT2D eigenvalue weighted by molar-refractivity contribution is -0.137. The molecule has 0 amide bonds. The fourth-order valence-electron chi connectivity index (χ4n) is 2.32. The lowest BCUT2D eigenvalue weighted by Crippen LogP contribution is -2.11. The van der Waals surface area contributed by atoms with Crippen LogP contribution in [-0.4, -0.2) is 31.0 Å². The zero-order valence-corrected chi connectivity index (χ0v) is 15.2. The molecule has 0 radical (unpaired) electrons. The molecule has 4 N–H and O–H groups in total. The highest BCUT2D eigenvalue weighted by molar-refractivity contribution is 6.33. The topological polar surface area (TPSA) is 107 Å². The number of halogens is 4. The zero-order valence-electron chi connectivity index (χ0n) is 14.4. The van der Waals surface area contributed by atoms with Gasteiger partial charge in [0, 0.05) is 31.7 Å². The first-order chi connectivity index (χ1) is 13.3. The Morgan fingerprint density at radius 3 is 2.61 bits per heavy atom. The smallest absolute Gasteiger partial charge is 0.393 e. The number of aromatic nitrogens is 5. The number of anilines is 4. The average molecular weight is 413 g/mol. The number of hydrogen-bond donors (Lipinski definition) is 3. The molecule has 12 heteroatoms. The third-order valence-electron chi connectivity index (χ3n) is 3.73. The maximum absolute atomic E-state index is 12.7. The van der Waals surface area contributed by atoms with Gasteiger partial charge in [0.15, 0.2) is 11.6 Å². The minimum atomic E-state index is -4.53. The summed E-state index contributed by atoms with van der Waals surface area (Å²) in [5.74, 6) is 0.582. The molecule has 0 spiro atoms. The van der Waals surface area contributed by atoms with Gasteiger partial charge in [0.2, 0.25) is 0 Å². The van der Waals surface area contributed by atoms with Crippen LogP contribution in [0.3, 0.4) is 0 Å². The first kappa shape index (κ1) is 19.7. The lowest BCUT2D eigenvalue weighted by Gasteiger charge is -2.14. The highest BCUT2D eigenvalue weighted by Crippen LogP contribution is 2.34. The van der Waals surface area contributed by atoms with E-state index in [1.807, 2.05) is 10.8 Å². The minimum absolute atomic E-state index is 0.00567. The van der Waals surface area contributed by atoms with Crippen molar-refractivity contribution in [3.05, 3.63) is 47.9 Å². The molecule has 0 unspecified atom stereocenters. The molecule has 3 aromatic rings. The Balaban J connectivity index is 1.65. The van der Waals surface area contributed by atoms with E-state index < -0.39 is 11.7 Å². The zero-order chi connectivity index (χ0) is 20.1. The van der Waals surface area contributed by atoms with E-state index in [0.29, 0.717) is 18.6 Å². The number of pyridine rings is 1. The van der Waals surface area contributed by atoms with E-state index in [9.17, 15) is 13.2 Å². The van der Waals surface area contributed by atoms with Crippen molar-refractivity contribution in [2.24, 2.45) is 0 Å². The molecule has 0 bridgehead atoms. The number of imidazole rings is 1. The number of alkyl halides is 3. The second-order valence-electron chi connectivity index (χ2n) is 5.74. The fourth-order valence-corrected chi connectivity index (χ4v) is 2.53. The second-order valence-corrected chi connectivity index (χ2v) is 6.15. The van der Waals surface area contributed by atoms with Gasteiger partial charge in [-0.05, 0) is 12.5 Å². The van der Waals surface area contributed by atoms with Gasteiger partial charge in [-0.3, -0.25) is 0 Å². The molecule has 8 nitrogen and oxygen atoms in total. The van der Waals surface area contributed by atoms with Crippen molar-refractivity contribution in [1.82, 2.24) is 24.5 Å². The molecule has 0 saturated heterocycles. The molecule has 0 fully saturated rings. The van der Waals surface area contributed by atoms with Crippen molar-refractivity contribution in [2.75, 3.05) is 22.9 Å². The molecular weight excluding hydrogens is 397 g/mol. The van der Waals surface area contributed by atoms with Gasteiger partial charge in [-0.15, -0.1) is 0 Å². The predicted molar refractivity (Wildman–Crippen MR) is 99.3 cm³/mol. The molecule has 28 heavy (non-hydrogen) atoms. The highest BCUT2D eigenvalue weighted by Gasteiger charge is 2.31. The number of nitrogen functional groups attached to an aromatic ring is 1. The van der Waals surface area contributed by atoms with Crippen molar-refractivity contribution in [2.45, 2.75) is 19.1 Å². The quantitative estimate of drug-likeness (QED) is 0.509. The second kappa shape index (κ2) is 8.30. The summed E-state index contributed by atoms with van der Waals surface area (Å²) in [5.41, 5.74) is 5.29. The van der Waals surface area contributed by atoms with Crippen LogP contribution in [0, 0.1) is 0 Å². The minimum Gasteiger partial charge on any atom is -0.393 e. The molecule has 3 rings (SSSR count). The van der Waals surface area contributed by atoms with Crippen molar-refractivity contribution in [1.29, 1.82) is 0 Å². The van der Waals surface area contributed by atoms with Gasteiger partial charge in [-0.25, -0.2) is 19.9 Å². The van der Waals surface area contributed by atoms with E-state index in [1.54, 1.807) is 12.5 Å². The van der Waals surface area contributed by atoms with Crippen LogP contribution < -0.4 is 16.4 Å². The SMILES string of the molecule is Nc1c(NCCCn2ccnc2)ncnc1Nc1ncc(C(F)(F)F)cc1Cl. The summed E-state index contributed by atoms with van der Waals surface area (Å²) in [6.07, 6.45) is 3.51. The Kier molecular flexibility index (Phi) is 5.83. The molecule has 3 aromatic heterocycles. The number of nitrogens with one attached hydrogen (secondary N) is 2. The summed E-state index contributed by atoms with van der Waals surface area (Å²) in [6.45, 7) is 1.37. The van der Waals surface area contributed by atoms with E-state index in [4.69, 9.17) is 17.3 Å². The van der Waals surface area contributed by atoms with Crippen LogP contribution in [0.1, 0.15) is 12.0 Å². The summed E-state index contributed by atoms with van der Waals surface area (Å²) < 4.78 is 40.1. The van der Waals surface area contributed by atoms with Gasteiger partial charge in [0.25, 0.3) is 0 Å². The number of nitrogens with zero attached hydrogens (tertiary/aromatic N) is 5. The normalized spacial score (nSPS) is 11.4. The van der Waals surface area contributed by atoms with Gasteiger partial charge in [-0.1, -0.05) is 11.6 Å². The first-order valence-electron chi connectivity index (χ1n) is 8.14. The molecule has 0 saturated carbocycles. The van der Waals surface area contributed by atoms with Gasteiger partial charge < -0.3 is 20.9 Å². The van der Waals surface area contributed by atoms with Crippen molar-refractivity contribution >= 4 is 34.7 Å². The Hall–Kier alpha value is -3.08. The first-order valence-corrected chi connectivity index (χ1v) is 8.52. The summed E-state index contributed by atoms with van der Waals surface area (Å²) >= 11 is 5.90. The molecule has 0 aromatic carbocycles. The van der Waals surface area contributed by atoms with E-state index >= 15 is 0 Å². The molecule has 0 atom stereocenters. The molecule has 0 aliphatic rings. The summed E-state index contributed by atoms with van der Waals surface area (Å²) in [6, 6.07) is 0.781. The third-order valence-corrected chi connectivity index (χ3v) is 4.02. The maximum Gasteiger partial charge on any atom is 0.417 e. The van der Waals surface area contributed by atoms with E-state index in [1.165, 1.54) is 6.33 Å². The third kappa shape index (κ3) is 4.80. The van der Waals surface area contributed by atoms with Gasteiger partial charge in [0.05, 0.1) is 16.9 Å². The predicted octanol–water partition coefficient (Wildman–Crippen LogP) is 3.57. The van der Waals surface area contributed by atoms with Crippen molar-refractivity contribution < 1.29 is 13.2 Å². The van der Waals surface area contributed by atoms with Crippen LogP contribution in [0.15, 0.2) is 37.3 Å². The molecule has 0 aliphatic heterocycles. The highest BCUT2D eigenvalue weighted by atomic mass is 35.5. The number of hydrogen-bond acceptors (Lipinski definition) is 7. The monoisotopic (exact) mass is 412 g/mol. The van der Waals surface area contributed by atoms with Gasteiger partial charge in [0.1, 0.15) is 17.8 Å². The fraction of sp³-hybridized carbons (Fsp3) is 0.250. The number of aryl methyl sites for hydroxylation is 1. The molecule has 148 valence electrons. The Morgan fingerprint density at radius 2 is 1.93 bits per heavy atom. The van der Waals surface area contributed by atoms with Gasteiger partial charge >= 0.3 is 6.18 Å². The Bertz CT molecular complexity index is 930. The molecule has 3 heterocycles. The van der Waals surface area contributed by atoms with Crippen LogP contribution >= 0.6 is 11.6 Å². The molecule has 0 aliphatic carbocycles. The van der Waals surface area contributed by atoms with E-state index in [-0.39, 0.29) is 22.3 Å².